The Bertz CT molecular complexity index is 258. The molecule has 0 saturated heterocycles. The summed E-state index contributed by atoms with van der Waals surface area (Å²) in [6.45, 7) is 20.3. The third kappa shape index (κ3) is 4.41. The molecule has 0 amide bonds. The van der Waals surface area contributed by atoms with Gasteiger partial charge in [-0.3, -0.25) is 0 Å². The van der Waals surface area contributed by atoms with Gasteiger partial charge in [0, 0.05) is 5.92 Å². The summed E-state index contributed by atoms with van der Waals surface area (Å²) in [7, 11) is -1.83. The zero-order valence-electron chi connectivity index (χ0n) is 12.2. The van der Waals surface area contributed by atoms with Gasteiger partial charge in [-0.2, -0.15) is 0 Å². The molecule has 0 spiro atoms. The molecule has 100 valence electrons. The second-order valence-corrected chi connectivity index (χ2v) is 10.9. The predicted molar refractivity (Wildman–Crippen MR) is 77.6 cm³/mol. The lowest BCUT2D eigenvalue weighted by Gasteiger charge is -2.40. The molecule has 0 aliphatic carbocycles. The molecule has 17 heavy (non-hydrogen) atoms. The Morgan fingerprint density at radius 2 is 1.59 bits per heavy atom. The predicted octanol–water partition coefficient (Wildman–Crippen LogP) is 3.75. The highest BCUT2D eigenvalue weighted by Crippen LogP contribution is 2.37. The van der Waals surface area contributed by atoms with Crippen molar-refractivity contribution in [1.82, 2.24) is 0 Å². The summed E-state index contributed by atoms with van der Waals surface area (Å²) in [6.07, 6.45) is 2.66. The second-order valence-electron chi connectivity index (χ2n) is 6.12. The van der Waals surface area contributed by atoms with Crippen molar-refractivity contribution >= 4 is 8.32 Å². The van der Waals surface area contributed by atoms with E-state index >= 15 is 0 Å². The zero-order chi connectivity index (χ0) is 13.9. The molecule has 0 aliphatic rings. The topological polar surface area (TPSA) is 29.5 Å². The maximum atomic E-state index is 10.2. The number of aliphatic hydroxyl groups excluding tert-OH is 1. The van der Waals surface area contributed by atoms with E-state index in [1.807, 2.05) is 6.92 Å². The van der Waals surface area contributed by atoms with Crippen LogP contribution in [-0.4, -0.2) is 25.6 Å². The molecular formula is C14H28O2Si. The Morgan fingerprint density at radius 3 is 1.88 bits per heavy atom. The normalized spacial score (nSPS) is 16.7. The van der Waals surface area contributed by atoms with Crippen molar-refractivity contribution in [3.05, 3.63) is 25.3 Å². The van der Waals surface area contributed by atoms with Crippen molar-refractivity contribution in [1.29, 1.82) is 0 Å². The lowest BCUT2D eigenvalue weighted by molar-refractivity contribution is 0.0233. The third-order valence-electron chi connectivity index (χ3n) is 3.71. The van der Waals surface area contributed by atoms with E-state index in [2.05, 4.69) is 47.0 Å². The zero-order valence-corrected chi connectivity index (χ0v) is 13.2. The summed E-state index contributed by atoms with van der Waals surface area (Å²) in [5.74, 6) is -0.116. The molecule has 1 N–H and O–H groups in total. The summed E-state index contributed by atoms with van der Waals surface area (Å²) in [5, 5.41) is 10.3. The van der Waals surface area contributed by atoms with E-state index in [-0.39, 0.29) is 17.1 Å². The van der Waals surface area contributed by atoms with Crippen LogP contribution >= 0.6 is 0 Å². The second kappa shape index (κ2) is 5.98. The maximum Gasteiger partial charge on any atom is 0.192 e. The van der Waals surface area contributed by atoms with Crippen molar-refractivity contribution < 1.29 is 9.53 Å². The van der Waals surface area contributed by atoms with Gasteiger partial charge in [0.2, 0.25) is 0 Å². The summed E-state index contributed by atoms with van der Waals surface area (Å²) < 4.78 is 6.14. The van der Waals surface area contributed by atoms with E-state index < -0.39 is 14.4 Å². The van der Waals surface area contributed by atoms with Gasteiger partial charge in [-0.25, -0.2) is 0 Å². The molecule has 0 bridgehead atoms. The van der Waals surface area contributed by atoms with Gasteiger partial charge in [0.05, 0.1) is 12.2 Å². The summed E-state index contributed by atoms with van der Waals surface area (Å²) in [4.78, 5) is 0. The Labute approximate surface area is 108 Å². The molecule has 0 heterocycles. The first-order valence-electron chi connectivity index (χ1n) is 6.18. The van der Waals surface area contributed by atoms with E-state index in [1.54, 1.807) is 12.2 Å². The smallest absolute Gasteiger partial charge is 0.192 e. The first kappa shape index (κ1) is 16.6. The van der Waals surface area contributed by atoms with Crippen LogP contribution in [0.25, 0.3) is 0 Å². The third-order valence-corrected chi connectivity index (χ3v) is 8.28. The number of aliphatic hydroxyl groups is 1. The number of hydrogen-bond acceptors (Lipinski definition) is 2. The lowest BCUT2D eigenvalue weighted by atomic mass is 9.99. The van der Waals surface area contributed by atoms with Gasteiger partial charge in [-0.1, -0.05) is 32.9 Å². The van der Waals surface area contributed by atoms with E-state index in [4.69, 9.17) is 4.43 Å². The highest BCUT2D eigenvalue weighted by Gasteiger charge is 2.39. The van der Waals surface area contributed by atoms with Crippen LogP contribution < -0.4 is 0 Å². The average Bonchev–Trinajstić information content (AvgIpc) is 2.16. The van der Waals surface area contributed by atoms with E-state index in [1.165, 1.54) is 0 Å². The molecule has 0 aromatic rings. The van der Waals surface area contributed by atoms with Crippen LogP contribution in [0.15, 0.2) is 25.3 Å². The fourth-order valence-corrected chi connectivity index (χ4v) is 2.82. The Balaban J connectivity index is 4.69. The molecular weight excluding hydrogens is 228 g/mol. The first-order chi connectivity index (χ1) is 7.56. The molecule has 0 aliphatic heterocycles. The van der Waals surface area contributed by atoms with Crippen LogP contribution in [0.3, 0.4) is 0 Å². The van der Waals surface area contributed by atoms with Gasteiger partial charge >= 0.3 is 0 Å². The molecule has 2 nitrogen and oxygen atoms in total. The van der Waals surface area contributed by atoms with Crippen LogP contribution in [0.5, 0.6) is 0 Å². The van der Waals surface area contributed by atoms with E-state index in [0.717, 1.165) is 0 Å². The SMILES string of the molecule is C=CC(C=C)[C@H](O)[C@@H](C)O[Si](C)(C)C(C)(C)C. The summed E-state index contributed by atoms with van der Waals surface area (Å²) >= 11 is 0. The van der Waals surface area contributed by atoms with Gasteiger partial charge in [-0.15, -0.1) is 13.2 Å². The van der Waals surface area contributed by atoms with Gasteiger partial charge in [-0.05, 0) is 25.1 Å². The van der Waals surface area contributed by atoms with Gasteiger partial charge in [0.25, 0.3) is 0 Å². The molecule has 0 radical (unpaired) electrons. The standard InChI is InChI=1S/C14H28O2Si/c1-9-12(10-2)13(15)11(3)16-17(7,8)14(4,5)6/h9-13,15H,1-2H2,3-8H3/t11-,13-/m1/s1. The largest absolute Gasteiger partial charge is 0.412 e. The van der Waals surface area contributed by atoms with Crippen molar-refractivity contribution in [2.24, 2.45) is 5.92 Å². The Hall–Kier alpha value is -0.383. The van der Waals surface area contributed by atoms with Gasteiger partial charge in [0.15, 0.2) is 8.32 Å². The fraction of sp³-hybridized carbons (Fsp3) is 0.714. The first-order valence-corrected chi connectivity index (χ1v) is 9.08. The molecule has 0 fully saturated rings. The van der Waals surface area contributed by atoms with E-state index in [9.17, 15) is 5.11 Å². The van der Waals surface area contributed by atoms with Crippen LogP contribution in [0.4, 0.5) is 0 Å². The van der Waals surface area contributed by atoms with Crippen molar-refractivity contribution in [3.63, 3.8) is 0 Å². The minimum absolute atomic E-state index is 0.116. The molecule has 2 atom stereocenters. The average molecular weight is 256 g/mol. The van der Waals surface area contributed by atoms with Crippen molar-refractivity contribution in [2.45, 2.75) is 58.0 Å². The summed E-state index contributed by atoms with van der Waals surface area (Å²) in [6, 6.07) is 0. The highest BCUT2D eigenvalue weighted by molar-refractivity contribution is 6.74. The number of rotatable bonds is 6. The molecule has 3 heteroatoms. The Morgan fingerprint density at radius 1 is 1.18 bits per heavy atom. The molecule has 0 unspecified atom stereocenters. The van der Waals surface area contributed by atoms with Crippen LogP contribution in [0, 0.1) is 5.92 Å². The number of hydrogen-bond donors (Lipinski definition) is 1. The van der Waals surface area contributed by atoms with Gasteiger partial charge < -0.3 is 9.53 Å². The molecule has 0 rings (SSSR count). The van der Waals surface area contributed by atoms with Crippen LogP contribution in [-0.2, 0) is 4.43 Å². The van der Waals surface area contributed by atoms with Crippen molar-refractivity contribution in [3.8, 4) is 0 Å². The van der Waals surface area contributed by atoms with Crippen LogP contribution in [0.2, 0.25) is 18.1 Å². The quantitative estimate of drug-likeness (QED) is 0.579. The van der Waals surface area contributed by atoms with Crippen molar-refractivity contribution in [2.75, 3.05) is 0 Å². The highest BCUT2D eigenvalue weighted by atomic mass is 28.4. The minimum atomic E-state index is -1.83. The fourth-order valence-electron chi connectivity index (χ4n) is 1.40. The maximum absolute atomic E-state index is 10.2. The lowest BCUT2D eigenvalue weighted by Crippen LogP contribution is -2.47. The van der Waals surface area contributed by atoms with Gasteiger partial charge in [0.1, 0.15) is 0 Å². The molecule has 0 saturated carbocycles. The monoisotopic (exact) mass is 256 g/mol. The molecule has 0 aromatic heterocycles. The minimum Gasteiger partial charge on any atom is -0.412 e. The molecule has 0 aromatic carbocycles. The van der Waals surface area contributed by atoms with Crippen LogP contribution in [0.1, 0.15) is 27.7 Å². The van der Waals surface area contributed by atoms with E-state index in [0.29, 0.717) is 0 Å². The summed E-state index contributed by atoms with van der Waals surface area (Å²) in [5.41, 5.74) is 0. The Kier molecular flexibility index (Phi) is 5.85.